The van der Waals surface area contributed by atoms with Gasteiger partial charge in [-0.15, -0.1) is 0 Å². The third-order valence-corrected chi connectivity index (χ3v) is 9.21. The third-order valence-electron chi connectivity index (χ3n) is 8.25. The molecular formula is C38H25F4N3O3S. The van der Waals surface area contributed by atoms with E-state index in [-0.39, 0.29) is 10.9 Å². The van der Waals surface area contributed by atoms with Crippen LogP contribution in [-0.4, -0.2) is 28.7 Å². The fourth-order valence-electron chi connectivity index (χ4n) is 6.04. The maximum absolute atomic E-state index is 14.1. The van der Waals surface area contributed by atoms with Crippen molar-refractivity contribution in [2.75, 3.05) is 0 Å². The minimum Gasteiger partial charge on any atom is -0.375 e. The first-order valence-corrected chi connectivity index (χ1v) is 16.4. The summed E-state index contributed by atoms with van der Waals surface area (Å²) in [7, 11) is -5.96. The normalized spacial score (nSPS) is 12.2. The summed E-state index contributed by atoms with van der Waals surface area (Å²) in [5.74, 6) is -0.978. The largest absolute Gasteiger partial charge is 0.534 e. The van der Waals surface area contributed by atoms with E-state index < -0.39 is 32.7 Å². The molecule has 0 unspecified atom stereocenters. The zero-order valence-corrected chi connectivity index (χ0v) is 26.2. The number of benzene rings is 5. The molecule has 7 rings (SSSR count). The molecule has 49 heavy (non-hydrogen) atoms. The molecule has 0 radical (unpaired) electrons. The van der Waals surface area contributed by atoms with Crippen molar-refractivity contribution in [2.45, 2.75) is 11.0 Å². The van der Waals surface area contributed by atoms with Crippen molar-refractivity contribution in [1.82, 2.24) is 14.8 Å². The quantitative estimate of drug-likeness (QED) is 0.0694. The van der Waals surface area contributed by atoms with Crippen molar-refractivity contribution >= 4 is 21.0 Å². The second-order valence-corrected chi connectivity index (χ2v) is 12.7. The van der Waals surface area contributed by atoms with Gasteiger partial charge in [-0.1, -0.05) is 97.1 Å². The Morgan fingerprint density at radius 1 is 0.653 bits per heavy atom. The summed E-state index contributed by atoms with van der Waals surface area (Å²) in [6.07, 6.45) is 3.00. The summed E-state index contributed by atoms with van der Waals surface area (Å²) in [6, 6.07) is 41.1. The van der Waals surface area contributed by atoms with Crippen LogP contribution < -0.4 is 4.18 Å². The van der Waals surface area contributed by atoms with E-state index in [1.165, 1.54) is 24.4 Å². The highest BCUT2D eigenvalue weighted by Crippen LogP contribution is 2.44. The maximum Gasteiger partial charge on any atom is 0.534 e. The van der Waals surface area contributed by atoms with Crippen molar-refractivity contribution in [2.24, 2.45) is 0 Å². The molecule has 11 heteroatoms. The van der Waals surface area contributed by atoms with Gasteiger partial charge in [0.2, 0.25) is 0 Å². The monoisotopic (exact) mass is 679 g/mol. The molecule has 0 bridgehead atoms. The number of rotatable bonds is 8. The fraction of sp³-hybridized carbons (Fsp3) is 0.0526. The van der Waals surface area contributed by atoms with E-state index in [1.54, 1.807) is 24.3 Å². The van der Waals surface area contributed by atoms with Gasteiger partial charge in [-0.25, -0.2) is 4.39 Å². The lowest BCUT2D eigenvalue weighted by atomic mass is 9.77. The first-order chi connectivity index (χ1) is 23.6. The third kappa shape index (κ3) is 5.72. The Kier molecular flexibility index (Phi) is 8.00. The first kappa shape index (κ1) is 31.8. The van der Waals surface area contributed by atoms with Gasteiger partial charge in [0.1, 0.15) is 17.1 Å². The van der Waals surface area contributed by atoms with Crippen molar-refractivity contribution in [3.63, 3.8) is 0 Å². The Hall–Kier alpha value is -5.81. The molecule has 0 spiro atoms. The molecule has 0 saturated heterocycles. The van der Waals surface area contributed by atoms with E-state index in [1.807, 2.05) is 102 Å². The van der Waals surface area contributed by atoms with Gasteiger partial charge in [0.15, 0.2) is 5.75 Å². The van der Waals surface area contributed by atoms with Crippen LogP contribution in [0.5, 0.6) is 5.75 Å². The number of halogens is 4. The van der Waals surface area contributed by atoms with Gasteiger partial charge >= 0.3 is 15.6 Å². The average Bonchev–Trinajstić information content (AvgIpc) is 3.55. The van der Waals surface area contributed by atoms with Crippen LogP contribution >= 0.6 is 0 Å². The molecule has 244 valence electrons. The lowest BCUT2D eigenvalue weighted by molar-refractivity contribution is -0.0499. The molecule has 0 aliphatic rings. The van der Waals surface area contributed by atoms with Crippen LogP contribution in [0.4, 0.5) is 17.6 Å². The first-order valence-electron chi connectivity index (χ1n) is 15.0. The molecule has 0 atom stereocenters. The molecule has 0 amide bonds. The van der Waals surface area contributed by atoms with Crippen LogP contribution in [0.3, 0.4) is 0 Å². The number of nitrogens with zero attached hydrogens (tertiary/aromatic N) is 3. The summed E-state index contributed by atoms with van der Waals surface area (Å²) in [6.45, 7) is 0. The number of alkyl halides is 3. The van der Waals surface area contributed by atoms with E-state index in [9.17, 15) is 26.0 Å². The average molecular weight is 680 g/mol. The predicted octanol–water partition coefficient (Wildman–Crippen LogP) is 8.97. The summed E-state index contributed by atoms with van der Waals surface area (Å²) in [5.41, 5.74) is -1.74. The molecule has 0 aliphatic heterocycles. The van der Waals surface area contributed by atoms with Crippen molar-refractivity contribution in [1.29, 1.82) is 0 Å². The number of hydrogen-bond acceptors (Lipinski definition) is 5. The number of aromatic nitrogens is 3. The molecular weight excluding hydrogens is 654 g/mol. The standard InChI is InChI=1S/C38H25F4N3O3S/c39-31-19-16-26(17-20-31)36-33(27-18-21-34-32(24-27)35(22-23-43-34)48-49(46,47)38(40,41)42)25-45(44-36)37(28-10-4-1-5-11-28,29-12-6-2-7-13-29)30-14-8-3-9-15-30/h1-25H. The van der Waals surface area contributed by atoms with Crippen LogP contribution in [0, 0.1) is 5.82 Å². The zero-order valence-electron chi connectivity index (χ0n) is 25.4. The predicted molar refractivity (Wildman–Crippen MR) is 179 cm³/mol. The molecule has 7 aromatic rings. The van der Waals surface area contributed by atoms with Crippen LogP contribution in [0.15, 0.2) is 152 Å². The van der Waals surface area contributed by atoms with E-state index in [0.717, 1.165) is 22.8 Å². The highest BCUT2D eigenvalue weighted by molar-refractivity contribution is 7.88. The molecule has 0 N–H and O–H groups in total. The minimum atomic E-state index is -5.96. The van der Waals surface area contributed by atoms with Crippen LogP contribution in [0.1, 0.15) is 16.7 Å². The van der Waals surface area contributed by atoms with E-state index in [4.69, 9.17) is 5.10 Å². The zero-order chi connectivity index (χ0) is 34.2. The van der Waals surface area contributed by atoms with Gasteiger partial charge in [-0.05, 0) is 58.7 Å². The second-order valence-electron chi connectivity index (χ2n) is 11.2. The topological polar surface area (TPSA) is 74.1 Å². The molecule has 2 heterocycles. The molecule has 0 aliphatic carbocycles. The highest BCUT2D eigenvalue weighted by atomic mass is 32.2. The Balaban J connectivity index is 1.53. The molecule has 5 aromatic carbocycles. The maximum atomic E-state index is 14.1. The Labute approximate surface area is 279 Å². The van der Waals surface area contributed by atoms with Crippen molar-refractivity contribution < 1.29 is 30.2 Å². The highest BCUT2D eigenvalue weighted by Gasteiger charge is 2.49. The SMILES string of the molecule is O=S(=O)(Oc1ccnc2ccc(-c3cn(C(c4ccccc4)(c4ccccc4)c4ccccc4)nc3-c3ccc(F)cc3)cc12)C(F)(F)F. The summed E-state index contributed by atoms with van der Waals surface area (Å²) in [4.78, 5) is 4.20. The summed E-state index contributed by atoms with van der Waals surface area (Å²) < 4.78 is 84.4. The lowest BCUT2D eigenvalue weighted by Crippen LogP contribution is -2.38. The van der Waals surface area contributed by atoms with E-state index >= 15 is 0 Å². The number of hydrogen-bond donors (Lipinski definition) is 0. The molecule has 0 saturated carbocycles. The summed E-state index contributed by atoms with van der Waals surface area (Å²) in [5, 5.41) is 5.22. The van der Waals surface area contributed by atoms with Gasteiger partial charge in [0, 0.05) is 35.0 Å². The molecule has 0 fully saturated rings. The number of fused-ring (bicyclic) bond motifs is 1. The van der Waals surface area contributed by atoms with Gasteiger partial charge in [-0.3, -0.25) is 9.67 Å². The van der Waals surface area contributed by atoms with Gasteiger partial charge in [0.05, 0.1) is 5.52 Å². The van der Waals surface area contributed by atoms with Gasteiger partial charge < -0.3 is 4.18 Å². The summed E-state index contributed by atoms with van der Waals surface area (Å²) >= 11 is 0. The van der Waals surface area contributed by atoms with Gasteiger partial charge in [0.25, 0.3) is 0 Å². The van der Waals surface area contributed by atoms with Crippen LogP contribution in [-0.2, 0) is 15.7 Å². The van der Waals surface area contributed by atoms with E-state index in [2.05, 4.69) is 9.17 Å². The lowest BCUT2D eigenvalue weighted by Gasteiger charge is -2.36. The number of pyridine rings is 1. The Morgan fingerprint density at radius 2 is 1.18 bits per heavy atom. The molecule has 6 nitrogen and oxygen atoms in total. The second kappa shape index (κ2) is 12.3. The Morgan fingerprint density at radius 3 is 1.71 bits per heavy atom. The van der Waals surface area contributed by atoms with Crippen molar-refractivity contribution in [3.05, 3.63) is 174 Å². The fourth-order valence-corrected chi connectivity index (χ4v) is 6.52. The van der Waals surface area contributed by atoms with Crippen LogP contribution in [0.2, 0.25) is 0 Å². The van der Waals surface area contributed by atoms with Gasteiger partial charge in [-0.2, -0.15) is 26.7 Å². The van der Waals surface area contributed by atoms with Crippen LogP contribution in [0.25, 0.3) is 33.3 Å². The van der Waals surface area contributed by atoms with Crippen molar-refractivity contribution in [3.8, 4) is 28.1 Å². The smallest absolute Gasteiger partial charge is 0.375 e. The van der Waals surface area contributed by atoms with E-state index in [0.29, 0.717) is 22.4 Å². The Bertz CT molecular complexity index is 2270. The molecule has 2 aromatic heterocycles. The minimum absolute atomic E-state index is 0.0334.